The van der Waals surface area contributed by atoms with E-state index in [1.807, 2.05) is 52.0 Å². The van der Waals surface area contributed by atoms with Crippen molar-refractivity contribution in [2.24, 2.45) is 0 Å². The molecule has 6 heteroatoms. The van der Waals surface area contributed by atoms with Gasteiger partial charge < -0.3 is 10.2 Å². The fourth-order valence-electron chi connectivity index (χ4n) is 3.01. The van der Waals surface area contributed by atoms with Crippen molar-refractivity contribution < 1.29 is 14.0 Å². The fourth-order valence-corrected chi connectivity index (χ4v) is 3.79. The van der Waals surface area contributed by atoms with Crippen LogP contribution in [0, 0.1) is 12.7 Å². The number of benzene rings is 2. The van der Waals surface area contributed by atoms with E-state index in [1.54, 1.807) is 17.0 Å². The van der Waals surface area contributed by atoms with Gasteiger partial charge in [0.1, 0.15) is 11.9 Å². The molecule has 0 aliphatic heterocycles. The number of hydrogen-bond acceptors (Lipinski definition) is 3. The summed E-state index contributed by atoms with van der Waals surface area (Å²) >= 11 is 1.45. The molecule has 2 amide bonds. The quantitative estimate of drug-likeness (QED) is 0.543. The summed E-state index contributed by atoms with van der Waals surface area (Å²) in [4.78, 5) is 28.7. The molecule has 0 fully saturated rings. The van der Waals surface area contributed by atoms with Crippen LogP contribution in [0.5, 0.6) is 0 Å². The molecule has 0 saturated carbocycles. The molecule has 0 bridgehead atoms. The van der Waals surface area contributed by atoms with E-state index in [9.17, 15) is 14.0 Å². The second-order valence-corrected chi connectivity index (χ2v) is 8.54. The Morgan fingerprint density at radius 2 is 1.67 bits per heavy atom. The molecule has 2 aromatic carbocycles. The van der Waals surface area contributed by atoms with Crippen LogP contribution in [-0.4, -0.2) is 34.6 Å². The summed E-state index contributed by atoms with van der Waals surface area (Å²) in [5.74, 6) is -0.357. The molecule has 0 spiro atoms. The highest BCUT2D eigenvalue weighted by molar-refractivity contribution is 8.00. The lowest BCUT2D eigenvalue weighted by Crippen LogP contribution is -2.51. The molecule has 0 saturated heterocycles. The zero-order valence-electron chi connectivity index (χ0n) is 18.2. The van der Waals surface area contributed by atoms with E-state index < -0.39 is 6.04 Å². The highest BCUT2D eigenvalue weighted by Gasteiger charge is 2.29. The largest absolute Gasteiger partial charge is 0.352 e. The Bertz CT molecular complexity index is 824. The minimum absolute atomic E-state index is 0.0382. The summed E-state index contributed by atoms with van der Waals surface area (Å²) in [6, 6.07) is 13.5. The Hall–Kier alpha value is -2.34. The van der Waals surface area contributed by atoms with Crippen LogP contribution >= 0.6 is 11.8 Å². The predicted molar refractivity (Wildman–Crippen MR) is 121 cm³/mol. The molecule has 2 atom stereocenters. The van der Waals surface area contributed by atoms with E-state index in [2.05, 4.69) is 5.32 Å². The van der Waals surface area contributed by atoms with Crippen molar-refractivity contribution in [1.29, 1.82) is 0 Å². The maximum absolute atomic E-state index is 13.3. The van der Waals surface area contributed by atoms with Gasteiger partial charge in [0.05, 0.1) is 5.75 Å². The third-order valence-electron chi connectivity index (χ3n) is 5.04. The molecule has 0 aliphatic carbocycles. The van der Waals surface area contributed by atoms with E-state index in [4.69, 9.17) is 0 Å². The third-order valence-corrected chi connectivity index (χ3v) is 6.03. The highest BCUT2D eigenvalue weighted by atomic mass is 32.2. The number of aryl methyl sites for hydroxylation is 1. The van der Waals surface area contributed by atoms with Crippen molar-refractivity contribution in [2.45, 2.75) is 64.1 Å². The first-order valence-corrected chi connectivity index (χ1v) is 11.4. The molecule has 30 heavy (non-hydrogen) atoms. The lowest BCUT2D eigenvalue weighted by molar-refractivity contribution is -0.139. The van der Waals surface area contributed by atoms with Crippen molar-refractivity contribution in [3.63, 3.8) is 0 Å². The molecule has 0 unspecified atom stereocenters. The number of nitrogens with one attached hydrogen (secondary N) is 1. The minimum Gasteiger partial charge on any atom is -0.352 e. The Balaban J connectivity index is 2.19. The lowest BCUT2D eigenvalue weighted by atomic mass is 10.1. The minimum atomic E-state index is -0.574. The standard InChI is InChI=1S/C24H31FN2O2S/c1-5-18(4)26-24(29)22(6-2)27(15-19-9-11-20(25)12-10-19)23(28)16-30-21-13-7-17(3)8-14-21/h7-14,18,22H,5-6,15-16H2,1-4H3,(H,26,29)/t18-,22-/m0/s1. The molecule has 0 radical (unpaired) electrons. The summed E-state index contributed by atoms with van der Waals surface area (Å²) in [5.41, 5.74) is 1.95. The first-order valence-electron chi connectivity index (χ1n) is 10.4. The van der Waals surface area contributed by atoms with Crippen LogP contribution in [0.25, 0.3) is 0 Å². The maximum Gasteiger partial charge on any atom is 0.243 e. The summed E-state index contributed by atoms with van der Waals surface area (Å²) < 4.78 is 13.3. The molecule has 2 aromatic rings. The number of amides is 2. The van der Waals surface area contributed by atoms with Gasteiger partial charge in [-0.15, -0.1) is 11.8 Å². The van der Waals surface area contributed by atoms with Gasteiger partial charge >= 0.3 is 0 Å². The van der Waals surface area contributed by atoms with Crippen molar-refractivity contribution in [3.05, 3.63) is 65.5 Å². The second-order valence-electron chi connectivity index (χ2n) is 7.49. The summed E-state index contributed by atoms with van der Waals surface area (Å²) in [5, 5.41) is 2.99. The van der Waals surface area contributed by atoms with Crippen LogP contribution < -0.4 is 5.32 Å². The van der Waals surface area contributed by atoms with E-state index >= 15 is 0 Å². The van der Waals surface area contributed by atoms with Gasteiger partial charge in [0.25, 0.3) is 0 Å². The molecular formula is C24H31FN2O2S. The van der Waals surface area contributed by atoms with Gasteiger partial charge in [-0.2, -0.15) is 0 Å². The highest BCUT2D eigenvalue weighted by Crippen LogP contribution is 2.21. The zero-order valence-corrected chi connectivity index (χ0v) is 19.0. The number of nitrogens with zero attached hydrogens (tertiary/aromatic N) is 1. The normalized spacial score (nSPS) is 12.8. The van der Waals surface area contributed by atoms with Crippen LogP contribution in [0.3, 0.4) is 0 Å². The van der Waals surface area contributed by atoms with Gasteiger partial charge in [0.15, 0.2) is 0 Å². The second kappa shape index (κ2) is 11.7. The van der Waals surface area contributed by atoms with Gasteiger partial charge in [0.2, 0.25) is 11.8 Å². The first-order chi connectivity index (χ1) is 14.3. The van der Waals surface area contributed by atoms with E-state index in [0.717, 1.165) is 22.4 Å². The topological polar surface area (TPSA) is 49.4 Å². The smallest absolute Gasteiger partial charge is 0.243 e. The summed E-state index contributed by atoms with van der Waals surface area (Å²) in [6.07, 6.45) is 1.32. The summed E-state index contributed by atoms with van der Waals surface area (Å²) in [6.45, 7) is 8.14. The lowest BCUT2D eigenvalue weighted by Gasteiger charge is -2.31. The zero-order chi connectivity index (χ0) is 22.1. The number of halogens is 1. The van der Waals surface area contributed by atoms with Crippen LogP contribution in [0.2, 0.25) is 0 Å². The number of thioether (sulfide) groups is 1. The number of carbonyl (C=O) groups is 2. The number of carbonyl (C=O) groups excluding carboxylic acids is 2. The number of rotatable bonds is 10. The fraction of sp³-hybridized carbons (Fsp3) is 0.417. The van der Waals surface area contributed by atoms with Crippen molar-refractivity contribution in [1.82, 2.24) is 10.2 Å². The number of hydrogen-bond donors (Lipinski definition) is 1. The van der Waals surface area contributed by atoms with Gasteiger partial charge in [-0.1, -0.05) is 43.7 Å². The molecule has 1 N–H and O–H groups in total. The first kappa shape index (κ1) is 23.9. The van der Waals surface area contributed by atoms with Crippen LogP contribution in [-0.2, 0) is 16.1 Å². The van der Waals surface area contributed by atoms with Crippen LogP contribution in [0.4, 0.5) is 4.39 Å². The van der Waals surface area contributed by atoms with Gasteiger partial charge in [-0.3, -0.25) is 9.59 Å². The molecule has 4 nitrogen and oxygen atoms in total. The third kappa shape index (κ3) is 7.17. The summed E-state index contributed by atoms with van der Waals surface area (Å²) in [7, 11) is 0. The van der Waals surface area contributed by atoms with Gasteiger partial charge in [0, 0.05) is 17.5 Å². The molecule has 0 aliphatic rings. The molecule has 162 valence electrons. The average Bonchev–Trinajstić information content (AvgIpc) is 2.74. The van der Waals surface area contributed by atoms with Crippen LogP contribution in [0.15, 0.2) is 53.4 Å². The van der Waals surface area contributed by atoms with E-state index in [-0.39, 0.29) is 36.0 Å². The monoisotopic (exact) mass is 430 g/mol. The van der Waals surface area contributed by atoms with Crippen molar-refractivity contribution in [2.75, 3.05) is 5.75 Å². The molecule has 2 rings (SSSR count). The van der Waals surface area contributed by atoms with Gasteiger partial charge in [-0.25, -0.2) is 4.39 Å². The Morgan fingerprint density at radius 3 is 2.23 bits per heavy atom. The predicted octanol–water partition coefficient (Wildman–Crippen LogP) is 4.95. The van der Waals surface area contributed by atoms with Crippen molar-refractivity contribution >= 4 is 23.6 Å². The Labute approximate surface area is 183 Å². The Kier molecular flexibility index (Phi) is 9.37. The van der Waals surface area contributed by atoms with E-state index in [1.165, 1.54) is 23.9 Å². The van der Waals surface area contributed by atoms with Gasteiger partial charge in [-0.05, 0) is 56.5 Å². The van der Waals surface area contributed by atoms with Crippen molar-refractivity contribution in [3.8, 4) is 0 Å². The molecular weight excluding hydrogens is 399 g/mol. The Morgan fingerprint density at radius 1 is 1.03 bits per heavy atom. The SMILES string of the molecule is CC[C@H](C)NC(=O)[C@H](CC)N(Cc1ccc(F)cc1)C(=O)CSc1ccc(C)cc1. The molecule has 0 aromatic heterocycles. The molecule has 0 heterocycles. The maximum atomic E-state index is 13.3. The van der Waals surface area contributed by atoms with E-state index in [0.29, 0.717) is 6.42 Å². The average molecular weight is 431 g/mol. The van der Waals surface area contributed by atoms with Crippen LogP contribution in [0.1, 0.15) is 44.7 Å².